The van der Waals surface area contributed by atoms with Gasteiger partial charge in [-0.3, -0.25) is 4.79 Å². The van der Waals surface area contributed by atoms with Crippen LogP contribution in [0.4, 0.5) is 0 Å². The summed E-state index contributed by atoms with van der Waals surface area (Å²) in [6, 6.07) is 17.7. The Hall–Kier alpha value is -3.34. The van der Waals surface area contributed by atoms with Crippen LogP contribution < -0.4 is 4.74 Å². The average molecular weight is 403 g/mol. The first-order valence-corrected chi connectivity index (χ1v) is 10.2. The van der Waals surface area contributed by atoms with E-state index >= 15 is 0 Å². The fourth-order valence-corrected chi connectivity index (χ4v) is 4.20. The lowest BCUT2D eigenvalue weighted by Crippen LogP contribution is -2.19. The maximum absolute atomic E-state index is 13.2. The highest BCUT2D eigenvalue weighted by Crippen LogP contribution is 2.36. The first-order chi connectivity index (χ1) is 14.6. The van der Waals surface area contributed by atoms with Crippen molar-refractivity contribution in [3.8, 4) is 5.75 Å². The molecule has 1 unspecified atom stereocenters. The SMILES string of the molecule is CCOC(=O)c1[nH]c2c(c1Cc1ccccc1)C(=O)CC(c1ccc(OC)cc1)C2. The molecule has 154 valence electrons. The monoisotopic (exact) mass is 403 g/mol. The summed E-state index contributed by atoms with van der Waals surface area (Å²) in [5, 5.41) is 0. The average Bonchev–Trinajstić information content (AvgIpc) is 3.13. The summed E-state index contributed by atoms with van der Waals surface area (Å²) in [6.07, 6.45) is 1.61. The zero-order valence-electron chi connectivity index (χ0n) is 17.2. The Kier molecular flexibility index (Phi) is 5.70. The summed E-state index contributed by atoms with van der Waals surface area (Å²) in [5.74, 6) is 0.506. The Bertz CT molecular complexity index is 1050. The van der Waals surface area contributed by atoms with Gasteiger partial charge in [-0.1, -0.05) is 42.5 Å². The van der Waals surface area contributed by atoms with Crippen molar-refractivity contribution in [1.29, 1.82) is 0 Å². The van der Waals surface area contributed by atoms with E-state index in [2.05, 4.69) is 4.98 Å². The summed E-state index contributed by atoms with van der Waals surface area (Å²) < 4.78 is 10.5. The van der Waals surface area contributed by atoms with Crippen molar-refractivity contribution < 1.29 is 19.1 Å². The molecule has 0 saturated carbocycles. The molecular weight excluding hydrogens is 378 g/mol. The van der Waals surface area contributed by atoms with Gasteiger partial charge in [-0.15, -0.1) is 0 Å². The summed E-state index contributed by atoms with van der Waals surface area (Å²) in [5.41, 5.74) is 4.76. The Morgan fingerprint density at radius 1 is 1.07 bits per heavy atom. The van der Waals surface area contributed by atoms with Crippen LogP contribution in [0.3, 0.4) is 0 Å². The number of nitrogens with one attached hydrogen (secondary N) is 1. The molecule has 0 spiro atoms. The van der Waals surface area contributed by atoms with E-state index in [-0.39, 0.29) is 18.3 Å². The van der Waals surface area contributed by atoms with Crippen molar-refractivity contribution in [2.24, 2.45) is 0 Å². The van der Waals surface area contributed by atoms with Gasteiger partial charge in [-0.2, -0.15) is 0 Å². The number of carbonyl (C=O) groups is 2. The number of rotatable bonds is 6. The number of H-pyrrole nitrogens is 1. The zero-order chi connectivity index (χ0) is 21.1. The molecule has 3 aromatic rings. The summed E-state index contributed by atoms with van der Waals surface area (Å²) in [4.78, 5) is 29.1. The van der Waals surface area contributed by atoms with Gasteiger partial charge in [0, 0.05) is 24.1 Å². The summed E-state index contributed by atoms with van der Waals surface area (Å²) >= 11 is 0. The molecule has 1 aromatic heterocycles. The molecule has 4 rings (SSSR count). The second-order valence-electron chi connectivity index (χ2n) is 7.52. The van der Waals surface area contributed by atoms with E-state index in [1.165, 1.54) is 0 Å². The number of carbonyl (C=O) groups excluding carboxylic acids is 2. The second-order valence-corrected chi connectivity index (χ2v) is 7.52. The van der Waals surface area contributed by atoms with Crippen molar-refractivity contribution >= 4 is 11.8 Å². The Balaban J connectivity index is 1.71. The number of hydrogen-bond donors (Lipinski definition) is 1. The Morgan fingerprint density at radius 2 is 1.80 bits per heavy atom. The highest BCUT2D eigenvalue weighted by atomic mass is 16.5. The highest BCUT2D eigenvalue weighted by Gasteiger charge is 2.33. The molecule has 30 heavy (non-hydrogen) atoms. The quantitative estimate of drug-likeness (QED) is 0.606. The number of fused-ring (bicyclic) bond motifs is 1. The smallest absolute Gasteiger partial charge is 0.355 e. The lowest BCUT2D eigenvalue weighted by molar-refractivity contribution is 0.0519. The minimum absolute atomic E-state index is 0.0641. The molecule has 1 aliphatic rings. The second kappa shape index (κ2) is 8.57. The van der Waals surface area contributed by atoms with E-state index in [1.54, 1.807) is 14.0 Å². The van der Waals surface area contributed by atoms with Crippen LogP contribution in [0, 0.1) is 0 Å². The molecule has 1 N–H and O–H groups in total. The summed E-state index contributed by atoms with van der Waals surface area (Å²) in [7, 11) is 1.63. The molecule has 0 saturated heterocycles. The normalized spacial score (nSPS) is 15.5. The van der Waals surface area contributed by atoms with Crippen LogP contribution in [0.5, 0.6) is 5.75 Å². The molecular formula is C25H25NO4. The molecule has 0 radical (unpaired) electrons. The molecule has 2 aromatic carbocycles. The van der Waals surface area contributed by atoms with Crippen molar-refractivity contribution in [3.05, 3.63) is 88.2 Å². The molecule has 0 aliphatic heterocycles. The predicted molar refractivity (Wildman–Crippen MR) is 114 cm³/mol. The maximum atomic E-state index is 13.2. The first kappa shape index (κ1) is 20.0. The number of ether oxygens (including phenoxy) is 2. The minimum atomic E-state index is -0.411. The van der Waals surface area contributed by atoms with Crippen LogP contribution in [0.2, 0.25) is 0 Å². The lowest BCUT2D eigenvalue weighted by atomic mass is 9.80. The number of methoxy groups -OCH3 is 1. The highest BCUT2D eigenvalue weighted by molar-refractivity contribution is 6.04. The standard InChI is InChI=1S/C25H25NO4/c1-3-30-25(28)24-20(13-16-7-5-4-6-8-16)23-21(26-24)14-18(15-22(23)27)17-9-11-19(29-2)12-10-17/h4-12,18,26H,3,13-15H2,1-2H3. The predicted octanol–water partition coefficient (Wildman–Crippen LogP) is 4.70. The fraction of sp³-hybridized carbons (Fsp3) is 0.280. The van der Waals surface area contributed by atoms with Gasteiger partial charge in [-0.25, -0.2) is 4.79 Å². The van der Waals surface area contributed by atoms with Gasteiger partial charge in [0.2, 0.25) is 0 Å². The van der Waals surface area contributed by atoms with E-state index in [1.807, 2.05) is 54.6 Å². The number of hydrogen-bond acceptors (Lipinski definition) is 4. The minimum Gasteiger partial charge on any atom is -0.497 e. The van der Waals surface area contributed by atoms with Gasteiger partial charge < -0.3 is 14.5 Å². The molecule has 1 aliphatic carbocycles. The van der Waals surface area contributed by atoms with Gasteiger partial charge in [0.15, 0.2) is 5.78 Å². The van der Waals surface area contributed by atoms with Crippen LogP contribution >= 0.6 is 0 Å². The van der Waals surface area contributed by atoms with Crippen LogP contribution in [0.15, 0.2) is 54.6 Å². The number of ketones is 1. The van der Waals surface area contributed by atoms with E-state index in [0.29, 0.717) is 30.5 Å². The number of benzene rings is 2. The molecule has 0 fully saturated rings. The van der Waals surface area contributed by atoms with Crippen LogP contribution in [0.1, 0.15) is 62.5 Å². The van der Waals surface area contributed by atoms with E-state index in [0.717, 1.165) is 28.1 Å². The molecule has 1 heterocycles. The van der Waals surface area contributed by atoms with Crippen LogP contribution in [-0.4, -0.2) is 30.5 Å². The van der Waals surface area contributed by atoms with Gasteiger partial charge in [0.05, 0.1) is 13.7 Å². The number of esters is 1. The van der Waals surface area contributed by atoms with Gasteiger partial charge in [0.1, 0.15) is 11.4 Å². The third-order valence-corrected chi connectivity index (χ3v) is 5.63. The topological polar surface area (TPSA) is 68.4 Å². The van der Waals surface area contributed by atoms with Gasteiger partial charge in [-0.05, 0) is 48.1 Å². The van der Waals surface area contributed by atoms with Gasteiger partial charge in [0.25, 0.3) is 0 Å². The van der Waals surface area contributed by atoms with Gasteiger partial charge >= 0.3 is 5.97 Å². The maximum Gasteiger partial charge on any atom is 0.355 e. The molecule has 1 atom stereocenters. The van der Waals surface area contributed by atoms with E-state index in [4.69, 9.17) is 9.47 Å². The van der Waals surface area contributed by atoms with Crippen molar-refractivity contribution in [1.82, 2.24) is 4.98 Å². The third kappa shape index (κ3) is 3.88. The molecule has 0 amide bonds. The lowest BCUT2D eigenvalue weighted by Gasteiger charge is -2.22. The first-order valence-electron chi connectivity index (χ1n) is 10.2. The Labute approximate surface area is 176 Å². The van der Waals surface area contributed by atoms with Crippen LogP contribution in [-0.2, 0) is 17.6 Å². The van der Waals surface area contributed by atoms with E-state index in [9.17, 15) is 9.59 Å². The van der Waals surface area contributed by atoms with E-state index < -0.39 is 5.97 Å². The van der Waals surface area contributed by atoms with Crippen molar-refractivity contribution in [2.75, 3.05) is 13.7 Å². The van der Waals surface area contributed by atoms with Crippen molar-refractivity contribution in [3.63, 3.8) is 0 Å². The molecule has 5 heteroatoms. The number of aromatic nitrogens is 1. The molecule has 5 nitrogen and oxygen atoms in total. The number of Topliss-reactive ketones (excluding diaryl/α,β-unsaturated/α-hetero) is 1. The number of aromatic amines is 1. The Morgan fingerprint density at radius 3 is 2.47 bits per heavy atom. The largest absolute Gasteiger partial charge is 0.497 e. The van der Waals surface area contributed by atoms with Crippen molar-refractivity contribution in [2.45, 2.75) is 32.1 Å². The fourth-order valence-electron chi connectivity index (χ4n) is 4.20. The zero-order valence-corrected chi connectivity index (χ0v) is 17.2. The molecule has 0 bridgehead atoms. The van der Waals surface area contributed by atoms with Crippen LogP contribution in [0.25, 0.3) is 0 Å². The summed E-state index contributed by atoms with van der Waals surface area (Å²) in [6.45, 7) is 2.07. The third-order valence-electron chi connectivity index (χ3n) is 5.63.